The van der Waals surface area contributed by atoms with Crippen LogP contribution in [0.2, 0.25) is 5.02 Å². The maximum absolute atomic E-state index is 12.7. The first-order valence-corrected chi connectivity index (χ1v) is 12.6. The zero-order chi connectivity index (χ0) is 26.0. The summed E-state index contributed by atoms with van der Waals surface area (Å²) in [6.45, 7) is 2.46. The lowest BCUT2D eigenvalue weighted by Gasteiger charge is -2.41. The predicted molar refractivity (Wildman–Crippen MR) is 142 cm³/mol. The fourth-order valence-corrected chi connectivity index (χ4v) is 4.91. The molecule has 5 rings (SSSR count). The first-order chi connectivity index (χ1) is 17.9. The molecule has 192 valence electrons. The highest BCUT2D eigenvalue weighted by Crippen LogP contribution is 2.44. The van der Waals surface area contributed by atoms with Gasteiger partial charge < -0.3 is 26.5 Å². The van der Waals surface area contributed by atoms with Gasteiger partial charge in [-0.15, -0.1) is 0 Å². The van der Waals surface area contributed by atoms with Crippen LogP contribution in [0.25, 0.3) is 22.7 Å². The van der Waals surface area contributed by atoms with Gasteiger partial charge in [-0.3, -0.25) is 9.78 Å². The van der Waals surface area contributed by atoms with Gasteiger partial charge in [0.15, 0.2) is 11.5 Å². The minimum atomic E-state index is -0.772. The van der Waals surface area contributed by atoms with Gasteiger partial charge in [0.2, 0.25) is 11.9 Å². The summed E-state index contributed by atoms with van der Waals surface area (Å²) >= 11 is 6.12. The topological polar surface area (TPSA) is 155 Å². The van der Waals surface area contributed by atoms with Crippen LogP contribution in [-0.4, -0.2) is 49.1 Å². The van der Waals surface area contributed by atoms with Crippen LogP contribution in [0, 0.1) is 5.41 Å². The molecular weight excluding hydrogens is 492 g/mol. The van der Waals surface area contributed by atoms with E-state index in [4.69, 9.17) is 27.3 Å². The van der Waals surface area contributed by atoms with Crippen LogP contribution in [0.15, 0.2) is 48.7 Å². The van der Waals surface area contributed by atoms with Crippen molar-refractivity contribution in [1.82, 2.24) is 30.2 Å². The lowest BCUT2D eigenvalue weighted by molar-refractivity contribution is -0.129. The maximum atomic E-state index is 12.7. The summed E-state index contributed by atoms with van der Waals surface area (Å²) in [7, 11) is 0. The molecule has 1 aliphatic rings. The number of halogens is 1. The summed E-state index contributed by atoms with van der Waals surface area (Å²) in [5, 5.41) is 16.7. The summed E-state index contributed by atoms with van der Waals surface area (Å²) in [5.41, 5.74) is 8.66. The first kappa shape index (κ1) is 25.1. The minimum absolute atomic E-state index is 0.0538. The number of nitrogens with zero attached hydrogens (tertiary/aromatic N) is 4. The molecule has 11 heteroatoms. The largest absolute Gasteiger partial charge is 0.396 e. The second-order valence-corrected chi connectivity index (χ2v) is 10.0. The van der Waals surface area contributed by atoms with Gasteiger partial charge in [0.25, 0.3) is 0 Å². The van der Waals surface area contributed by atoms with E-state index in [2.05, 4.69) is 25.6 Å². The number of carbonyl (C=O) groups is 1. The number of aromatic amines is 1. The van der Waals surface area contributed by atoms with E-state index in [1.807, 2.05) is 49.4 Å². The van der Waals surface area contributed by atoms with Crippen molar-refractivity contribution in [1.29, 1.82) is 0 Å². The number of nitrogens with one attached hydrogen (secondary N) is 3. The third-order valence-electron chi connectivity index (χ3n) is 6.81. The number of anilines is 1. The zero-order valence-electron chi connectivity index (χ0n) is 20.4. The number of nitrogens with two attached hydrogens (primary N) is 1. The van der Waals surface area contributed by atoms with Crippen molar-refractivity contribution in [3.8, 4) is 11.5 Å². The monoisotopic (exact) mass is 520 g/mol. The molecule has 3 atom stereocenters. The molecule has 1 fully saturated rings. The van der Waals surface area contributed by atoms with E-state index in [1.165, 1.54) is 0 Å². The van der Waals surface area contributed by atoms with Gasteiger partial charge >= 0.3 is 0 Å². The second-order valence-electron chi connectivity index (χ2n) is 9.59. The Hall–Kier alpha value is -3.60. The van der Waals surface area contributed by atoms with Crippen molar-refractivity contribution in [3.05, 3.63) is 64.9 Å². The third kappa shape index (κ3) is 5.27. The van der Waals surface area contributed by atoms with Crippen LogP contribution in [-0.2, 0) is 4.79 Å². The molecule has 0 radical (unpaired) electrons. The molecule has 0 aliphatic carbocycles. The number of imidazole rings is 1. The summed E-state index contributed by atoms with van der Waals surface area (Å²) in [5.74, 6) is 0.607. The van der Waals surface area contributed by atoms with Gasteiger partial charge in [0, 0.05) is 35.8 Å². The zero-order valence-corrected chi connectivity index (χ0v) is 21.2. The fourth-order valence-electron chi connectivity index (χ4n) is 4.78. The van der Waals surface area contributed by atoms with Crippen molar-refractivity contribution in [3.63, 3.8) is 0 Å². The van der Waals surface area contributed by atoms with Crippen LogP contribution in [0.5, 0.6) is 0 Å². The number of hydrogen-bond donors (Lipinski definition) is 5. The van der Waals surface area contributed by atoms with E-state index in [1.54, 1.807) is 6.20 Å². The summed E-state index contributed by atoms with van der Waals surface area (Å²) in [4.78, 5) is 34.5. The highest BCUT2D eigenvalue weighted by molar-refractivity contribution is 6.30. The number of pyridine rings is 1. The third-order valence-corrected chi connectivity index (χ3v) is 7.07. The van der Waals surface area contributed by atoms with Crippen molar-refractivity contribution in [2.24, 2.45) is 11.1 Å². The van der Waals surface area contributed by atoms with E-state index in [0.29, 0.717) is 65.2 Å². The Bertz CT molecular complexity index is 1400. The quantitative estimate of drug-likeness (QED) is 0.221. The van der Waals surface area contributed by atoms with E-state index < -0.39 is 5.41 Å². The molecule has 0 spiro atoms. The average molecular weight is 521 g/mol. The Kier molecular flexibility index (Phi) is 7.05. The Morgan fingerprint density at radius 1 is 1.16 bits per heavy atom. The molecule has 6 N–H and O–H groups in total. The Balaban J connectivity index is 1.60. The summed E-state index contributed by atoms with van der Waals surface area (Å²) < 4.78 is 0. The highest BCUT2D eigenvalue weighted by atomic mass is 35.5. The number of aromatic nitrogens is 5. The van der Waals surface area contributed by atoms with E-state index >= 15 is 0 Å². The Morgan fingerprint density at radius 2 is 1.95 bits per heavy atom. The average Bonchev–Trinajstić information content (AvgIpc) is 3.33. The number of rotatable bonds is 8. The molecule has 0 bridgehead atoms. The minimum Gasteiger partial charge on any atom is -0.396 e. The molecule has 1 aliphatic heterocycles. The van der Waals surface area contributed by atoms with Crippen molar-refractivity contribution in [2.45, 2.75) is 38.3 Å². The SMILES string of the molecule is CC1(C(N)=O)CC(c2ccc(Cl)cc2)NC(c2nc(NCCCO)nc3nc(-c4ccccn4)[nH]c23)C1. The number of hydrogen-bond acceptors (Lipinski definition) is 8. The first-order valence-electron chi connectivity index (χ1n) is 12.2. The lowest BCUT2D eigenvalue weighted by Crippen LogP contribution is -2.46. The Labute approximate surface area is 219 Å². The van der Waals surface area contributed by atoms with Gasteiger partial charge in [-0.2, -0.15) is 4.98 Å². The van der Waals surface area contributed by atoms with Crippen LogP contribution >= 0.6 is 11.6 Å². The van der Waals surface area contributed by atoms with E-state index in [0.717, 1.165) is 5.56 Å². The number of carbonyl (C=O) groups excluding carboxylic acids is 1. The van der Waals surface area contributed by atoms with E-state index in [-0.39, 0.29) is 24.6 Å². The highest BCUT2D eigenvalue weighted by Gasteiger charge is 2.43. The van der Waals surface area contributed by atoms with Gasteiger partial charge in [-0.1, -0.05) is 36.7 Å². The summed E-state index contributed by atoms with van der Waals surface area (Å²) in [6.07, 6.45) is 3.25. The van der Waals surface area contributed by atoms with Crippen molar-refractivity contribution >= 4 is 34.6 Å². The van der Waals surface area contributed by atoms with Crippen LogP contribution in [0.1, 0.15) is 49.5 Å². The van der Waals surface area contributed by atoms with Gasteiger partial charge in [0.05, 0.1) is 11.7 Å². The molecule has 3 aromatic heterocycles. The van der Waals surface area contributed by atoms with Gasteiger partial charge in [-0.05, 0) is 49.1 Å². The van der Waals surface area contributed by atoms with Crippen molar-refractivity contribution < 1.29 is 9.90 Å². The maximum Gasteiger partial charge on any atom is 0.225 e. The van der Waals surface area contributed by atoms with Crippen LogP contribution in [0.4, 0.5) is 5.95 Å². The standard InChI is InChI=1S/C26H29ClN8O2/c1-26(24(28)37)13-18(15-6-8-16(27)9-7-15)31-19(14-26)20-21-23(35-25(33-20)30-11-4-12-36)34-22(32-21)17-5-2-3-10-29-17/h2-3,5-10,18-19,31,36H,4,11-14H2,1H3,(H2,28,37)(H2,30,32,33,34,35). The number of aliphatic hydroxyl groups is 1. The molecular formula is C26H29ClN8O2. The second kappa shape index (κ2) is 10.4. The Morgan fingerprint density at radius 3 is 2.65 bits per heavy atom. The molecule has 4 aromatic rings. The fraction of sp³-hybridized carbons (Fsp3) is 0.346. The number of fused-ring (bicyclic) bond motifs is 1. The normalized spacial score (nSPS) is 21.7. The molecule has 1 amide bonds. The molecule has 1 aromatic carbocycles. The molecule has 10 nitrogen and oxygen atoms in total. The van der Waals surface area contributed by atoms with Gasteiger partial charge in [-0.25, -0.2) is 9.97 Å². The number of piperidine rings is 1. The number of primary amides is 1. The molecule has 37 heavy (non-hydrogen) atoms. The molecule has 3 unspecified atom stereocenters. The van der Waals surface area contributed by atoms with Crippen LogP contribution < -0.4 is 16.4 Å². The predicted octanol–water partition coefficient (Wildman–Crippen LogP) is 3.52. The molecule has 1 saturated heterocycles. The van der Waals surface area contributed by atoms with E-state index in [9.17, 15) is 9.90 Å². The van der Waals surface area contributed by atoms with Crippen molar-refractivity contribution in [2.75, 3.05) is 18.5 Å². The lowest BCUT2D eigenvalue weighted by atomic mass is 9.72. The number of benzene rings is 1. The van der Waals surface area contributed by atoms with Gasteiger partial charge in [0.1, 0.15) is 11.2 Å². The number of aliphatic hydroxyl groups excluding tert-OH is 1. The number of amides is 1. The number of H-pyrrole nitrogens is 1. The smallest absolute Gasteiger partial charge is 0.225 e. The molecule has 0 saturated carbocycles. The summed E-state index contributed by atoms with van der Waals surface area (Å²) in [6, 6.07) is 12.7. The molecule has 4 heterocycles. The van der Waals surface area contributed by atoms with Crippen LogP contribution in [0.3, 0.4) is 0 Å².